The molecule has 6 N–H and O–H groups in total. The quantitative estimate of drug-likeness (QED) is 0.366. The summed E-state index contributed by atoms with van der Waals surface area (Å²) in [6.07, 6.45) is -1.04. The van der Waals surface area contributed by atoms with Crippen LogP contribution in [0.4, 0.5) is 0 Å². The van der Waals surface area contributed by atoms with Crippen LogP contribution in [0.2, 0.25) is 0 Å². The summed E-state index contributed by atoms with van der Waals surface area (Å²) in [4.78, 5) is 0. The maximum atomic E-state index is 9.20. The van der Waals surface area contributed by atoms with Crippen molar-refractivity contribution in [2.75, 3.05) is 6.61 Å². The first-order valence-corrected chi connectivity index (χ1v) is 4.82. The predicted molar refractivity (Wildman–Crippen MR) is 47.8 cm³/mol. The third-order valence-electron chi connectivity index (χ3n) is 1.17. The van der Waals surface area contributed by atoms with E-state index in [1.54, 1.807) is 13.8 Å². The highest BCUT2D eigenvalue weighted by atomic mass is 31.2. The molecular weight excluding hydrogens is 179 g/mol. The summed E-state index contributed by atoms with van der Waals surface area (Å²) in [6, 6.07) is 0. The molecule has 0 aliphatic carbocycles. The van der Waals surface area contributed by atoms with E-state index >= 15 is 0 Å². The van der Waals surface area contributed by atoms with Crippen molar-refractivity contribution in [2.24, 2.45) is 11.0 Å². The van der Waals surface area contributed by atoms with E-state index in [9.17, 15) is 5.11 Å². The Kier molecular flexibility index (Phi) is 5.37. The molecule has 72 valence electrons. The fourth-order valence-corrected chi connectivity index (χ4v) is 1.21. The van der Waals surface area contributed by atoms with E-state index in [1.807, 2.05) is 0 Å². The van der Waals surface area contributed by atoms with Crippen LogP contribution in [0.1, 0.15) is 13.8 Å². The SMILES string of the molecule is CC(C)=C(OP(N)N)C(O)CO. The van der Waals surface area contributed by atoms with Crippen molar-refractivity contribution >= 4 is 8.45 Å². The molecule has 0 amide bonds. The summed E-state index contributed by atoms with van der Waals surface area (Å²) >= 11 is 0. The lowest BCUT2D eigenvalue weighted by Crippen LogP contribution is -2.19. The van der Waals surface area contributed by atoms with Crippen LogP contribution in [0.15, 0.2) is 11.3 Å². The Balaban J connectivity index is 4.36. The standard InChI is InChI=1S/C6H15N2O3P/c1-4(2)6(5(10)3-9)11-12(7)8/h5,9-10H,3,7-8H2,1-2H3. The molecule has 0 radical (unpaired) electrons. The molecule has 0 heterocycles. The minimum Gasteiger partial charge on any atom is -0.447 e. The van der Waals surface area contributed by atoms with Gasteiger partial charge in [-0.05, 0) is 19.4 Å². The molecule has 0 aromatic carbocycles. The van der Waals surface area contributed by atoms with E-state index in [1.165, 1.54) is 0 Å². The van der Waals surface area contributed by atoms with Crippen LogP contribution in [0.25, 0.3) is 0 Å². The summed E-state index contributed by atoms with van der Waals surface area (Å²) in [5.41, 5.74) is 11.2. The Labute approximate surface area is 73.0 Å². The van der Waals surface area contributed by atoms with Gasteiger partial charge < -0.3 is 14.7 Å². The highest BCUT2D eigenvalue weighted by Gasteiger charge is 2.14. The maximum absolute atomic E-state index is 9.20. The van der Waals surface area contributed by atoms with E-state index in [2.05, 4.69) is 0 Å². The van der Waals surface area contributed by atoms with Gasteiger partial charge in [-0.3, -0.25) is 11.0 Å². The molecule has 0 aromatic heterocycles. The molecule has 0 fully saturated rings. The van der Waals surface area contributed by atoms with Gasteiger partial charge in [0.25, 0.3) is 0 Å². The molecular formula is C6H15N2O3P. The summed E-state index contributed by atoms with van der Waals surface area (Å²) in [6.45, 7) is 3.09. The first-order valence-electron chi connectivity index (χ1n) is 3.42. The van der Waals surface area contributed by atoms with Crippen molar-refractivity contribution < 1.29 is 14.7 Å². The average molecular weight is 194 g/mol. The van der Waals surface area contributed by atoms with Gasteiger partial charge in [-0.15, -0.1) is 0 Å². The van der Waals surface area contributed by atoms with Crippen molar-refractivity contribution in [3.8, 4) is 0 Å². The molecule has 0 aliphatic rings. The van der Waals surface area contributed by atoms with Crippen molar-refractivity contribution in [1.29, 1.82) is 0 Å². The summed E-state index contributed by atoms with van der Waals surface area (Å²) < 4.78 is 4.95. The monoisotopic (exact) mass is 194 g/mol. The van der Waals surface area contributed by atoms with Gasteiger partial charge in [-0.2, -0.15) is 0 Å². The van der Waals surface area contributed by atoms with Gasteiger partial charge in [-0.1, -0.05) is 0 Å². The smallest absolute Gasteiger partial charge is 0.236 e. The zero-order valence-corrected chi connectivity index (χ0v) is 8.08. The zero-order valence-electron chi connectivity index (χ0n) is 7.19. The van der Waals surface area contributed by atoms with Crippen LogP contribution in [0, 0.1) is 0 Å². The Morgan fingerprint density at radius 1 is 1.50 bits per heavy atom. The zero-order chi connectivity index (χ0) is 9.72. The molecule has 0 spiro atoms. The number of rotatable bonds is 4. The van der Waals surface area contributed by atoms with E-state index in [0.29, 0.717) is 0 Å². The molecule has 1 unspecified atom stereocenters. The Hall–Kier alpha value is -0.190. The second-order valence-corrected chi connectivity index (χ2v) is 3.42. The fraction of sp³-hybridized carbons (Fsp3) is 0.667. The van der Waals surface area contributed by atoms with E-state index < -0.39 is 21.2 Å². The number of aliphatic hydroxyl groups is 2. The topological polar surface area (TPSA) is 102 Å². The number of hydrogen-bond donors (Lipinski definition) is 4. The third kappa shape index (κ3) is 3.99. The molecule has 1 atom stereocenters. The highest BCUT2D eigenvalue weighted by molar-refractivity contribution is 7.47. The molecule has 0 rings (SSSR count). The van der Waals surface area contributed by atoms with Gasteiger partial charge in [0.05, 0.1) is 6.61 Å². The summed E-state index contributed by atoms with van der Waals surface area (Å²) in [5, 5.41) is 17.8. The van der Waals surface area contributed by atoms with E-state index in [4.69, 9.17) is 20.6 Å². The molecule has 0 saturated heterocycles. The molecule has 0 aliphatic heterocycles. The van der Waals surface area contributed by atoms with Crippen LogP contribution >= 0.6 is 8.45 Å². The Morgan fingerprint density at radius 3 is 2.25 bits per heavy atom. The van der Waals surface area contributed by atoms with E-state index in [0.717, 1.165) is 5.57 Å². The number of aliphatic hydroxyl groups excluding tert-OH is 2. The van der Waals surface area contributed by atoms with Crippen LogP contribution in [0.3, 0.4) is 0 Å². The van der Waals surface area contributed by atoms with Crippen LogP contribution in [-0.4, -0.2) is 22.9 Å². The van der Waals surface area contributed by atoms with Gasteiger partial charge in [0, 0.05) is 0 Å². The molecule has 6 heteroatoms. The minimum atomic E-state index is -1.54. The first-order chi connectivity index (χ1) is 5.49. The number of nitrogens with two attached hydrogens (primary N) is 2. The predicted octanol–water partition coefficient (Wildman–Crippen LogP) is -0.206. The lowest BCUT2D eigenvalue weighted by atomic mass is 10.2. The second kappa shape index (κ2) is 5.45. The number of allylic oxidation sites excluding steroid dienone is 1. The molecule has 5 nitrogen and oxygen atoms in total. The Morgan fingerprint density at radius 2 is 2.00 bits per heavy atom. The minimum absolute atomic E-state index is 0.258. The lowest BCUT2D eigenvalue weighted by Gasteiger charge is -2.17. The van der Waals surface area contributed by atoms with Crippen LogP contribution in [-0.2, 0) is 4.52 Å². The van der Waals surface area contributed by atoms with Gasteiger partial charge in [0.2, 0.25) is 8.45 Å². The Bertz CT molecular complexity index is 168. The average Bonchev–Trinajstić information content (AvgIpc) is 1.98. The molecule has 12 heavy (non-hydrogen) atoms. The van der Waals surface area contributed by atoms with Gasteiger partial charge in [0.1, 0.15) is 11.9 Å². The number of hydrogen-bond acceptors (Lipinski definition) is 5. The first kappa shape index (κ1) is 11.8. The van der Waals surface area contributed by atoms with Crippen molar-refractivity contribution in [3.05, 3.63) is 11.3 Å². The summed E-state index contributed by atoms with van der Waals surface area (Å²) in [7, 11) is -1.54. The lowest BCUT2D eigenvalue weighted by molar-refractivity contribution is 0.0932. The normalized spacial score (nSPS) is 12.9. The van der Waals surface area contributed by atoms with Crippen LogP contribution < -0.4 is 11.0 Å². The largest absolute Gasteiger partial charge is 0.447 e. The van der Waals surface area contributed by atoms with Gasteiger partial charge >= 0.3 is 0 Å². The molecule has 0 saturated carbocycles. The summed E-state index contributed by atoms with van der Waals surface area (Å²) in [5.74, 6) is 0.258. The maximum Gasteiger partial charge on any atom is 0.236 e. The highest BCUT2D eigenvalue weighted by Crippen LogP contribution is 2.24. The molecule has 0 aromatic rings. The van der Waals surface area contributed by atoms with Crippen molar-refractivity contribution in [1.82, 2.24) is 0 Å². The fourth-order valence-electron chi connectivity index (χ4n) is 0.682. The van der Waals surface area contributed by atoms with Crippen molar-refractivity contribution in [2.45, 2.75) is 20.0 Å². The van der Waals surface area contributed by atoms with Gasteiger partial charge in [-0.25, -0.2) is 0 Å². The molecule has 0 bridgehead atoms. The van der Waals surface area contributed by atoms with Crippen molar-refractivity contribution in [3.63, 3.8) is 0 Å². The van der Waals surface area contributed by atoms with Crippen LogP contribution in [0.5, 0.6) is 0 Å². The second-order valence-electron chi connectivity index (χ2n) is 2.51. The van der Waals surface area contributed by atoms with E-state index in [-0.39, 0.29) is 5.76 Å². The third-order valence-corrected chi connectivity index (χ3v) is 1.58. The van der Waals surface area contributed by atoms with Gasteiger partial charge in [0.15, 0.2) is 0 Å².